The molecule has 3 rings (SSSR count). The smallest absolute Gasteiger partial charge is 0.316 e. The predicted molar refractivity (Wildman–Crippen MR) is 125 cm³/mol. The van der Waals surface area contributed by atoms with Gasteiger partial charge in [-0.3, -0.25) is 9.59 Å². The average molecular weight is 446 g/mol. The highest BCUT2D eigenvalue weighted by molar-refractivity contribution is 7.99. The Kier molecular flexibility index (Phi) is 7.63. The number of hydrogen-bond acceptors (Lipinski definition) is 6. The highest BCUT2D eigenvalue weighted by Crippen LogP contribution is 2.26. The molecule has 0 aliphatic rings. The van der Waals surface area contributed by atoms with Crippen molar-refractivity contribution in [2.24, 2.45) is 0 Å². The molecule has 0 saturated carbocycles. The second kappa shape index (κ2) is 10.6. The van der Waals surface area contributed by atoms with E-state index in [-0.39, 0.29) is 18.3 Å². The lowest BCUT2D eigenvalue weighted by atomic mass is 10.1. The van der Waals surface area contributed by atoms with Gasteiger partial charge in [-0.15, -0.1) is 0 Å². The van der Waals surface area contributed by atoms with Crippen LogP contribution in [0.5, 0.6) is 0 Å². The van der Waals surface area contributed by atoms with E-state index in [9.17, 15) is 14.9 Å². The minimum atomic E-state index is -0.400. The van der Waals surface area contributed by atoms with Crippen molar-refractivity contribution in [2.45, 2.75) is 32.4 Å². The van der Waals surface area contributed by atoms with Gasteiger partial charge in [-0.05, 0) is 61.7 Å². The normalized spacial score (nSPS) is 10.3. The summed E-state index contributed by atoms with van der Waals surface area (Å²) in [5, 5.41) is 12.8. The monoisotopic (exact) mass is 445 g/mol. The summed E-state index contributed by atoms with van der Waals surface area (Å²) in [7, 11) is 0. The third kappa shape index (κ3) is 5.74. The average Bonchev–Trinajstić information content (AvgIpc) is 2.81. The standard InChI is InChI=1S/C25H23N3O3S/c1-16-17(2)22(13-26)25(27-18(16)3)32-15-23(29)31-14-19-9-11-20(12-10-19)24(30)28-21-7-5-4-6-8-21/h4-12H,14-15H2,1-3H3,(H,28,30). The number of carbonyl (C=O) groups excluding carboxylic acids is 2. The van der Waals surface area contributed by atoms with Gasteiger partial charge in [-0.25, -0.2) is 4.98 Å². The van der Waals surface area contributed by atoms with Gasteiger partial charge < -0.3 is 10.1 Å². The van der Waals surface area contributed by atoms with Crippen LogP contribution >= 0.6 is 11.8 Å². The molecule has 32 heavy (non-hydrogen) atoms. The van der Waals surface area contributed by atoms with E-state index in [1.54, 1.807) is 24.3 Å². The number of nitriles is 1. The van der Waals surface area contributed by atoms with Gasteiger partial charge in [0.05, 0.1) is 11.3 Å². The Morgan fingerprint density at radius 1 is 1.03 bits per heavy atom. The topological polar surface area (TPSA) is 92.1 Å². The van der Waals surface area contributed by atoms with Crippen LogP contribution in [0, 0.1) is 32.1 Å². The fourth-order valence-electron chi connectivity index (χ4n) is 2.96. The lowest BCUT2D eigenvalue weighted by molar-refractivity contribution is -0.141. The first-order valence-corrected chi connectivity index (χ1v) is 11.0. The molecule has 7 heteroatoms. The van der Waals surface area contributed by atoms with Crippen LogP contribution in [0.25, 0.3) is 0 Å². The summed E-state index contributed by atoms with van der Waals surface area (Å²) in [4.78, 5) is 28.9. The first kappa shape index (κ1) is 23.0. The zero-order valence-electron chi connectivity index (χ0n) is 18.1. The first-order chi connectivity index (χ1) is 15.4. The molecule has 0 aliphatic carbocycles. The number of para-hydroxylation sites is 1. The molecule has 162 valence electrons. The van der Waals surface area contributed by atoms with Gasteiger partial charge in [-0.2, -0.15) is 5.26 Å². The highest BCUT2D eigenvalue weighted by Gasteiger charge is 2.15. The zero-order chi connectivity index (χ0) is 23.1. The maximum Gasteiger partial charge on any atom is 0.316 e. The Hall–Kier alpha value is -3.63. The lowest BCUT2D eigenvalue weighted by Gasteiger charge is -2.11. The maximum atomic E-state index is 12.3. The molecular weight excluding hydrogens is 422 g/mol. The number of thioether (sulfide) groups is 1. The molecule has 2 aromatic carbocycles. The Balaban J connectivity index is 1.52. The van der Waals surface area contributed by atoms with Gasteiger partial charge >= 0.3 is 5.97 Å². The Bertz CT molecular complexity index is 1170. The summed E-state index contributed by atoms with van der Waals surface area (Å²) < 4.78 is 5.33. The maximum absolute atomic E-state index is 12.3. The van der Waals surface area contributed by atoms with Crippen molar-refractivity contribution in [2.75, 3.05) is 11.1 Å². The molecule has 1 amide bonds. The van der Waals surface area contributed by atoms with E-state index in [0.29, 0.717) is 16.2 Å². The SMILES string of the molecule is Cc1nc(SCC(=O)OCc2ccc(C(=O)Nc3ccccc3)cc2)c(C#N)c(C)c1C. The van der Waals surface area contributed by atoms with Crippen LogP contribution in [0.2, 0.25) is 0 Å². The van der Waals surface area contributed by atoms with Crippen molar-refractivity contribution in [1.29, 1.82) is 5.26 Å². The van der Waals surface area contributed by atoms with Gasteiger partial charge in [-0.1, -0.05) is 42.1 Å². The third-order valence-corrected chi connectivity index (χ3v) is 6.00. The number of nitrogens with one attached hydrogen (secondary N) is 1. The zero-order valence-corrected chi connectivity index (χ0v) is 19.0. The second-order valence-electron chi connectivity index (χ2n) is 7.21. The number of esters is 1. The number of anilines is 1. The number of nitrogens with zero attached hydrogens (tertiary/aromatic N) is 2. The predicted octanol–water partition coefficient (Wildman–Crippen LogP) is 4.97. The van der Waals surface area contributed by atoms with Crippen LogP contribution in [0.15, 0.2) is 59.6 Å². The molecule has 1 aromatic heterocycles. The van der Waals surface area contributed by atoms with Crippen LogP contribution in [-0.2, 0) is 16.1 Å². The molecule has 0 fully saturated rings. The Morgan fingerprint density at radius 2 is 1.72 bits per heavy atom. The van der Waals surface area contributed by atoms with E-state index < -0.39 is 5.97 Å². The quantitative estimate of drug-likeness (QED) is 0.408. The van der Waals surface area contributed by atoms with E-state index in [1.807, 2.05) is 51.1 Å². The van der Waals surface area contributed by atoms with Crippen molar-refractivity contribution in [3.8, 4) is 6.07 Å². The van der Waals surface area contributed by atoms with Crippen molar-refractivity contribution < 1.29 is 14.3 Å². The van der Waals surface area contributed by atoms with Gasteiger partial charge in [0.25, 0.3) is 5.91 Å². The summed E-state index contributed by atoms with van der Waals surface area (Å²) in [5.41, 5.74) is 5.21. The molecule has 0 radical (unpaired) electrons. The summed E-state index contributed by atoms with van der Waals surface area (Å²) >= 11 is 1.20. The van der Waals surface area contributed by atoms with E-state index in [2.05, 4.69) is 16.4 Å². The highest BCUT2D eigenvalue weighted by atomic mass is 32.2. The van der Waals surface area contributed by atoms with Crippen LogP contribution < -0.4 is 5.32 Å². The van der Waals surface area contributed by atoms with Gasteiger partial charge in [0.2, 0.25) is 0 Å². The number of aryl methyl sites for hydroxylation is 1. The summed E-state index contributed by atoms with van der Waals surface area (Å²) in [5.74, 6) is -0.552. The number of amides is 1. The number of pyridine rings is 1. The van der Waals surface area contributed by atoms with E-state index in [1.165, 1.54) is 11.8 Å². The van der Waals surface area contributed by atoms with Gasteiger partial charge in [0, 0.05) is 16.9 Å². The first-order valence-electron chi connectivity index (χ1n) is 10.0. The minimum absolute atomic E-state index is 0.0567. The number of benzene rings is 2. The molecule has 1 N–H and O–H groups in total. The number of aromatic nitrogens is 1. The number of carbonyl (C=O) groups is 2. The molecule has 1 heterocycles. The molecule has 0 aliphatic heterocycles. The molecule has 0 bridgehead atoms. The van der Waals surface area contributed by atoms with Crippen molar-refractivity contribution in [3.05, 3.63) is 88.1 Å². The van der Waals surface area contributed by atoms with Gasteiger partial charge in [0.1, 0.15) is 17.7 Å². The van der Waals surface area contributed by atoms with Crippen LogP contribution in [0.1, 0.15) is 38.3 Å². The molecule has 0 spiro atoms. The third-order valence-electron chi connectivity index (χ3n) is 5.05. The molecule has 0 atom stereocenters. The van der Waals surface area contributed by atoms with E-state index >= 15 is 0 Å². The van der Waals surface area contributed by atoms with Crippen LogP contribution in [0.3, 0.4) is 0 Å². The Morgan fingerprint density at radius 3 is 2.38 bits per heavy atom. The number of rotatable bonds is 7. The minimum Gasteiger partial charge on any atom is -0.460 e. The summed E-state index contributed by atoms with van der Waals surface area (Å²) in [6.45, 7) is 5.80. The molecule has 3 aromatic rings. The fraction of sp³-hybridized carbons (Fsp3) is 0.200. The molecule has 0 unspecified atom stereocenters. The van der Waals surface area contributed by atoms with E-state index in [4.69, 9.17) is 4.74 Å². The number of ether oxygens (including phenoxy) is 1. The Labute approximate surface area is 191 Å². The van der Waals surface area contributed by atoms with E-state index in [0.717, 1.165) is 28.1 Å². The number of hydrogen-bond donors (Lipinski definition) is 1. The largest absolute Gasteiger partial charge is 0.460 e. The van der Waals surface area contributed by atoms with Crippen LogP contribution in [0.4, 0.5) is 5.69 Å². The molecular formula is C25H23N3O3S. The van der Waals surface area contributed by atoms with Crippen molar-refractivity contribution in [1.82, 2.24) is 4.98 Å². The van der Waals surface area contributed by atoms with Gasteiger partial charge in [0.15, 0.2) is 0 Å². The molecule has 6 nitrogen and oxygen atoms in total. The summed E-state index contributed by atoms with van der Waals surface area (Å²) in [6.07, 6.45) is 0. The van der Waals surface area contributed by atoms with Crippen molar-refractivity contribution >= 4 is 29.3 Å². The second-order valence-corrected chi connectivity index (χ2v) is 8.17. The fourth-order valence-corrected chi connectivity index (χ4v) is 3.84. The van der Waals surface area contributed by atoms with Crippen LogP contribution in [-0.4, -0.2) is 22.6 Å². The molecule has 0 saturated heterocycles. The van der Waals surface area contributed by atoms with Crippen molar-refractivity contribution in [3.63, 3.8) is 0 Å². The lowest BCUT2D eigenvalue weighted by Crippen LogP contribution is -2.12. The summed E-state index contributed by atoms with van der Waals surface area (Å²) in [6, 6.07) is 18.3.